The minimum absolute atomic E-state index is 0.0498. The highest BCUT2D eigenvalue weighted by Gasteiger charge is 2.31. The molecule has 4 nitrogen and oxygen atoms in total. The van der Waals surface area contributed by atoms with E-state index in [0.29, 0.717) is 11.8 Å². The van der Waals surface area contributed by atoms with Crippen LogP contribution >= 0.6 is 15.9 Å². The molecule has 1 aromatic carbocycles. The molecule has 3 atom stereocenters. The molecule has 110 valence electrons. The van der Waals surface area contributed by atoms with Crippen molar-refractivity contribution in [2.75, 3.05) is 13.1 Å². The first kappa shape index (κ1) is 15.3. The van der Waals surface area contributed by atoms with Crippen molar-refractivity contribution in [3.05, 3.63) is 28.7 Å². The lowest BCUT2D eigenvalue weighted by Gasteiger charge is -2.39. The lowest BCUT2D eigenvalue weighted by molar-refractivity contribution is -0.141. The molecule has 1 fully saturated rings. The van der Waals surface area contributed by atoms with E-state index >= 15 is 0 Å². The van der Waals surface area contributed by atoms with Gasteiger partial charge in [0.05, 0.1) is 0 Å². The first-order valence-electron chi connectivity index (χ1n) is 6.95. The molecular formula is C15H21BrN2O2. The average Bonchev–Trinajstić information content (AvgIpc) is 2.43. The molecule has 1 heterocycles. The molecule has 0 saturated carbocycles. The fraction of sp³-hybridized carbons (Fsp3) is 0.533. The van der Waals surface area contributed by atoms with Crippen LogP contribution in [0.4, 0.5) is 0 Å². The third-order valence-corrected chi connectivity index (χ3v) is 4.32. The van der Waals surface area contributed by atoms with Gasteiger partial charge in [-0.1, -0.05) is 15.9 Å². The summed E-state index contributed by atoms with van der Waals surface area (Å²) in [5, 5.41) is 3.37. The molecule has 0 radical (unpaired) electrons. The number of carbonyl (C=O) groups excluding carboxylic acids is 1. The molecule has 0 bridgehead atoms. The summed E-state index contributed by atoms with van der Waals surface area (Å²) in [4.78, 5) is 14.4. The molecule has 1 aliphatic rings. The number of amides is 1. The van der Waals surface area contributed by atoms with Crippen LogP contribution in [-0.2, 0) is 4.79 Å². The van der Waals surface area contributed by atoms with Crippen LogP contribution in [0.2, 0.25) is 0 Å². The number of rotatable bonds is 3. The number of piperazine rings is 1. The van der Waals surface area contributed by atoms with E-state index < -0.39 is 6.10 Å². The van der Waals surface area contributed by atoms with Gasteiger partial charge in [-0.15, -0.1) is 0 Å². The Hall–Kier alpha value is -1.07. The Morgan fingerprint density at radius 3 is 2.70 bits per heavy atom. The Kier molecular flexibility index (Phi) is 5.05. The molecule has 5 heteroatoms. The summed E-state index contributed by atoms with van der Waals surface area (Å²) in [5.41, 5.74) is 0. The van der Waals surface area contributed by atoms with Crippen LogP contribution in [0.3, 0.4) is 0 Å². The van der Waals surface area contributed by atoms with E-state index in [4.69, 9.17) is 4.74 Å². The summed E-state index contributed by atoms with van der Waals surface area (Å²) in [6, 6.07) is 8.03. The van der Waals surface area contributed by atoms with Crippen molar-refractivity contribution in [3.63, 3.8) is 0 Å². The molecule has 1 aromatic rings. The van der Waals surface area contributed by atoms with Gasteiger partial charge in [0, 0.05) is 29.6 Å². The summed E-state index contributed by atoms with van der Waals surface area (Å²) < 4.78 is 6.73. The van der Waals surface area contributed by atoms with Crippen LogP contribution < -0.4 is 10.1 Å². The van der Waals surface area contributed by atoms with E-state index in [1.54, 1.807) is 0 Å². The highest BCUT2D eigenvalue weighted by molar-refractivity contribution is 9.10. The summed E-state index contributed by atoms with van der Waals surface area (Å²) in [7, 11) is 0. The van der Waals surface area contributed by atoms with Crippen LogP contribution in [0.5, 0.6) is 5.75 Å². The molecular weight excluding hydrogens is 320 g/mol. The Morgan fingerprint density at radius 2 is 2.05 bits per heavy atom. The highest BCUT2D eigenvalue weighted by Crippen LogP contribution is 2.19. The number of hydrogen-bond acceptors (Lipinski definition) is 3. The maximum absolute atomic E-state index is 12.5. The van der Waals surface area contributed by atoms with Gasteiger partial charge in [0.15, 0.2) is 6.10 Å². The second-order valence-electron chi connectivity index (χ2n) is 5.23. The number of benzene rings is 1. The van der Waals surface area contributed by atoms with Crippen molar-refractivity contribution < 1.29 is 9.53 Å². The second-order valence-corrected chi connectivity index (χ2v) is 6.14. The van der Waals surface area contributed by atoms with E-state index in [-0.39, 0.29) is 11.9 Å². The standard InChI is InChI=1S/C15H21BrN2O2/c1-10-11(2)18(9-8-17-10)15(19)12(3)20-14-6-4-13(16)5-7-14/h4-7,10-12,17H,8-9H2,1-3H3. The van der Waals surface area contributed by atoms with E-state index in [0.717, 1.165) is 17.6 Å². The van der Waals surface area contributed by atoms with E-state index in [2.05, 4.69) is 35.1 Å². The largest absolute Gasteiger partial charge is 0.481 e. The molecule has 3 unspecified atom stereocenters. The molecule has 20 heavy (non-hydrogen) atoms. The van der Waals surface area contributed by atoms with E-state index in [1.165, 1.54) is 0 Å². The van der Waals surface area contributed by atoms with Crippen molar-refractivity contribution in [1.29, 1.82) is 0 Å². The topological polar surface area (TPSA) is 41.6 Å². The molecule has 0 spiro atoms. The first-order chi connectivity index (χ1) is 9.49. The summed E-state index contributed by atoms with van der Waals surface area (Å²) >= 11 is 3.38. The van der Waals surface area contributed by atoms with Crippen molar-refractivity contribution >= 4 is 21.8 Å². The fourth-order valence-corrected chi connectivity index (χ4v) is 2.63. The van der Waals surface area contributed by atoms with Crippen LogP contribution in [-0.4, -0.2) is 42.1 Å². The average molecular weight is 341 g/mol. The Morgan fingerprint density at radius 1 is 1.40 bits per heavy atom. The summed E-state index contributed by atoms with van der Waals surface area (Å²) in [5.74, 6) is 0.763. The van der Waals surface area contributed by atoms with Gasteiger partial charge < -0.3 is 15.0 Å². The number of nitrogens with zero attached hydrogens (tertiary/aromatic N) is 1. The van der Waals surface area contributed by atoms with E-state index in [9.17, 15) is 4.79 Å². The van der Waals surface area contributed by atoms with Gasteiger partial charge in [0.1, 0.15) is 5.75 Å². The van der Waals surface area contributed by atoms with Crippen LogP contribution in [0, 0.1) is 0 Å². The minimum Gasteiger partial charge on any atom is -0.481 e. The maximum Gasteiger partial charge on any atom is 0.263 e. The lowest BCUT2D eigenvalue weighted by atomic mass is 10.1. The number of halogens is 1. The van der Waals surface area contributed by atoms with Crippen LogP contribution in [0.25, 0.3) is 0 Å². The zero-order valence-corrected chi connectivity index (χ0v) is 13.7. The molecule has 1 aliphatic heterocycles. The minimum atomic E-state index is -0.469. The van der Waals surface area contributed by atoms with Crippen molar-refractivity contribution in [2.45, 2.75) is 39.0 Å². The summed E-state index contributed by atoms with van der Waals surface area (Å²) in [6.07, 6.45) is -0.469. The Balaban J connectivity index is 1.99. The predicted octanol–water partition coefficient (Wildman–Crippen LogP) is 2.43. The van der Waals surface area contributed by atoms with Gasteiger partial charge in [-0.25, -0.2) is 0 Å². The van der Waals surface area contributed by atoms with Crippen molar-refractivity contribution in [2.24, 2.45) is 0 Å². The number of hydrogen-bond donors (Lipinski definition) is 1. The van der Waals surface area contributed by atoms with E-state index in [1.807, 2.05) is 36.1 Å². The van der Waals surface area contributed by atoms with Gasteiger partial charge in [-0.05, 0) is 45.0 Å². The molecule has 1 amide bonds. The normalized spacial score (nSPS) is 24.3. The first-order valence-corrected chi connectivity index (χ1v) is 7.74. The molecule has 1 saturated heterocycles. The van der Waals surface area contributed by atoms with Crippen molar-refractivity contribution in [3.8, 4) is 5.75 Å². The molecule has 2 rings (SSSR count). The Labute approximate surface area is 128 Å². The number of carbonyl (C=O) groups is 1. The van der Waals surface area contributed by atoms with Crippen molar-refractivity contribution in [1.82, 2.24) is 10.2 Å². The zero-order chi connectivity index (χ0) is 14.7. The fourth-order valence-electron chi connectivity index (χ4n) is 2.37. The summed E-state index contributed by atoms with van der Waals surface area (Å²) in [6.45, 7) is 7.55. The van der Waals surface area contributed by atoms with Gasteiger partial charge >= 0.3 is 0 Å². The van der Waals surface area contributed by atoms with Crippen LogP contribution in [0.1, 0.15) is 20.8 Å². The number of nitrogens with one attached hydrogen (secondary N) is 1. The quantitative estimate of drug-likeness (QED) is 0.918. The maximum atomic E-state index is 12.5. The lowest BCUT2D eigenvalue weighted by Crippen LogP contribution is -2.59. The van der Waals surface area contributed by atoms with Gasteiger partial charge in [-0.3, -0.25) is 4.79 Å². The third kappa shape index (κ3) is 3.52. The third-order valence-electron chi connectivity index (χ3n) is 3.79. The van der Waals surface area contributed by atoms with Gasteiger partial charge in [-0.2, -0.15) is 0 Å². The highest BCUT2D eigenvalue weighted by atomic mass is 79.9. The smallest absolute Gasteiger partial charge is 0.263 e. The second kappa shape index (κ2) is 6.59. The number of ether oxygens (including phenoxy) is 1. The van der Waals surface area contributed by atoms with Gasteiger partial charge in [0.2, 0.25) is 0 Å². The molecule has 0 aliphatic carbocycles. The zero-order valence-electron chi connectivity index (χ0n) is 12.1. The molecule has 1 N–H and O–H groups in total. The molecule has 0 aromatic heterocycles. The Bertz CT molecular complexity index is 463. The van der Waals surface area contributed by atoms with Crippen LogP contribution in [0.15, 0.2) is 28.7 Å². The predicted molar refractivity (Wildman–Crippen MR) is 82.9 cm³/mol. The SMILES string of the molecule is CC(Oc1ccc(Br)cc1)C(=O)N1CCNC(C)C1C. The van der Waals surface area contributed by atoms with Gasteiger partial charge in [0.25, 0.3) is 5.91 Å². The monoisotopic (exact) mass is 340 g/mol.